The molecule has 0 aromatic heterocycles. The van der Waals surface area contributed by atoms with Crippen LogP contribution in [-0.2, 0) is 5.92 Å². The second-order valence-corrected chi connectivity index (χ2v) is 4.73. The minimum Gasteiger partial charge on any atom is -0.457 e. The van der Waals surface area contributed by atoms with Gasteiger partial charge in [0.05, 0.1) is 5.56 Å². The number of alkyl halides is 2. The number of hydrogen-bond acceptors (Lipinski definition) is 2. The summed E-state index contributed by atoms with van der Waals surface area (Å²) in [4.78, 5) is 11.2. The predicted octanol–water partition coefficient (Wildman–Crippen LogP) is 4.56. The molecule has 0 heterocycles. The maximum Gasteiger partial charge on any atom is 0.339 e. The molecule has 0 aliphatic heterocycles. The number of hydrogen-bond donors (Lipinski definition) is 0. The first-order chi connectivity index (χ1) is 9.39. The third kappa shape index (κ3) is 1.86. The lowest BCUT2D eigenvalue weighted by Crippen LogP contribution is -2.38. The van der Waals surface area contributed by atoms with Gasteiger partial charge < -0.3 is 4.74 Å². The van der Waals surface area contributed by atoms with Crippen molar-refractivity contribution >= 4 is 17.4 Å². The van der Waals surface area contributed by atoms with Gasteiger partial charge in [-0.2, -0.15) is 8.78 Å². The lowest BCUT2D eigenvalue weighted by atomic mass is 9.82. The first-order valence-corrected chi connectivity index (χ1v) is 5.97. The summed E-state index contributed by atoms with van der Waals surface area (Å²) in [6, 6.07) is 7.38. The first kappa shape index (κ1) is 13.0. The van der Waals surface area contributed by atoms with Crippen molar-refractivity contribution in [1.82, 2.24) is 0 Å². The molecule has 0 unspecified atom stereocenters. The Bertz CT molecular complexity index is 708. The molecule has 1 aliphatic carbocycles. The Morgan fingerprint density at radius 1 is 1.15 bits per heavy atom. The largest absolute Gasteiger partial charge is 0.457 e. The van der Waals surface area contributed by atoms with E-state index in [1.807, 2.05) is 0 Å². The van der Waals surface area contributed by atoms with Gasteiger partial charge in [-0.3, -0.25) is 4.79 Å². The third-order valence-corrected chi connectivity index (χ3v) is 3.15. The van der Waals surface area contributed by atoms with Crippen molar-refractivity contribution in [3.8, 4) is 11.5 Å². The van der Waals surface area contributed by atoms with E-state index < -0.39 is 23.1 Å². The van der Waals surface area contributed by atoms with E-state index in [0.717, 1.165) is 12.1 Å². The van der Waals surface area contributed by atoms with Crippen LogP contribution in [0.15, 0.2) is 36.4 Å². The molecule has 0 atom stereocenters. The molecule has 1 aliphatic rings. The van der Waals surface area contributed by atoms with Crippen molar-refractivity contribution < 1.29 is 22.7 Å². The van der Waals surface area contributed by atoms with Crippen LogP contribution in [0.5, 0.6) is 11.5 Å². The fraction of sp³-hybridized carbons (Fsp3) is 0.0714. The number of Topliss-reactive ketones (excluding diaryl/α,β-unsaturated/α-hetero) is 1. The van der Waals surface area contributed by atoms with E-state index in [9.17, 15) is 18.0 Å². The maximum absolute atomic E-state index is 13.5. The van der Waals surface area contributed by atoms with Gasteiger partial charge in [0.2, 0.25) is 5.78 Å². The number of carbonyl (C=O) groups is 1. The SMILES string of the molecule is O=C1c2cccc(Oc3cc(F)cc(Cl)c3)c2C1(F)F. The van der Waals surface area contributed by atoms with Crippen LogP contribution in [0.3, 0.4) is 0 Å². The van der Waals surface area contributed by atoms with Crippen molar-refractivity contribution in [2.75, 3.05) is 0 Å². The van der Waals surface area contributed by atoms with Gasteiger partial charge in [-0.1, -0.05) is 23.7 Å². The zero-order valence-electron chi connectivity index (χ0n) is 9.79. The summed E-state index contributed by atoms with van der Waals surface area (Å²) < 4.78 is 45.4. The smallest absolute Gasteiger partial charge is 0.339 e. The molecule has 102 valence electrons. The van der Waals surface area contributed by atoms with Crippen LogP contribution in [0.1, 0.15) is 15.9 Å². The lowest BCUT2D eigenvalue weighted by Gasteiger charge is -2.29. The molecule has 0 saturated carbocycles. The Balaban J connectivity index is 2.03. The summed E-state index contributed by atoms with van der Waals surface area (Å²) in [5, 5.41) is 0.0811. The Hall–Kier alpha value is -2.01. The van der Waals surface area contributed by atoms with E-state index in [1.165, 1.54) is 24.3 Å². The van der Waals surface area contributed by atoms with Crippen LogP contribution in [-0.4, -0.2) is 5.78 Å². The molecule has 3 rings (SSSR count). The highest BCUT2D eigenvalue weighted by molar-refractivity contribution is 6.30. The molecule has 2 aromatic rings. The topological polar surface area (TPSA) is 26.3 Å². The Morgan fingerprint density at radius 3 is 2.60 bits per heavy atom. The summed E-state index contributed by atoms with van der Waals surface area (Å²) >= 11 is 5.66. The van der Waals surface area contributed by atoms with Gasteiger partial charge in [-0.15, -0.1) is 0 Å². The molecule has 0 amide bonds. The van der Waals surface area contributed by atoms with Gasteiger partial charge in [0.15, 0.2) is 0 Å². The fourth-order valence-corrected chi connectivity index (χ4v) is 2.28. The maximum atomic E-state index is 13.5. The molecule has 2 nitrogen and oxygen atoms in total. The molecule has 6 heteroatoms. The van der Waals surface area contributed by atoms with Crippen LogP contribution >= 0.6 is 11.6 Å². The van der Waals surface area contributed by atoms with Crippen LogP contribution in [0.2, 0.25) is 5.02 Å². The average molecular weight is 299 g/mol. The Labute approximate surface area is 116 Å². The van der Waals surface area contributed by atoms with Crippen LogP contribution < -0.4 is 4.74 Å². The molecule has 0 radical (unpaired) electrons. The summed E-state index contributed by atoms with van der Waals surface area (Å²) in [5.41, 5.74) is -0.569. The molecule has 0 fully saturated rings. The predicted molar refractivity (Wildman–Crippen MR) is 66.2 cm³/mol. The van der Waals surface area contributed by atoms with E-state index in [-0.39, 0.29) is 22.1 Å². The van der Waals surface area contributed by atoms with Crippen molar-refractivity contribution in [1.29, 1.82) is 0 Å². The molecular formula is C14H6ClF3O2. The number of halogens is 4. The van der Waals surface area contributed by atoms with Gasteiger partial charge >= 0.3 is 5.92 Å². The van der Waals surface area contributed by atoms with Crippen LogP contribution in [0, 0.1) is 5.82 Å². The van der Waals surface area contributed by atoms with Crippen LogP contribution in [0.4, 0.5) is 13.2 Å². The second-order valence-electron chi connectivity index (χ2n) is 4.29. The standard InChI is InChI=1S/C14H6ClF3O2/c15-7-4-8(16)6-9(5-7)20-11-3-1-2-10-12(11)14(17,18)13(10)19/h1-6H. The Kier molecular flexibility index (Phi) is 2.76. The van der Waals surface area contributed by atoms with Crippen LogP contribution in [0.25, 0.3) is 0 Å². The molecule has 20 heavy (non-hydrogen) atoms. The van der Waals surface area contributed by atoms with Gasteiger partial charge in [0.25, 0.3) is 0 Å². The van der Waals surface area contributed by atoms with E-state index in [2.05, 4.69) is 0 Å². The highest BCUT2D eigenvalue weighted by Gasteiger charge is 2.55. The minimum absolute atomic E-state index is 0.0152. The third-order valence-electron chi connectivity index (χ3n) is 2.93. The number of ether oxygens (including phenoxy) is 1. The number of rotatable bonds is 2. The van der Waals surface area contributed by atoms with Crippen molar-refractivity contribution in [3.05, 3.63) is 58.4 Å². The molecule has 2 aromatic carbocycles. The number of carbonyl (C=O) groups excluding carboxylic acids is 1. The highest BCUT2D eigenvalue weighted by Crippen LogP contribution is 2.49. The zero-order valence-corrected chi connectivity index (χ0v) is 10.5. The molecular weight excluding hydrogens is 293 g/mol. The minimum atomic E-state index is -3.57. The zero-order chi connectivity index (χ0) is 14.5. The number of benzene rings is 2. The fourth-order valence-electron chi connectivity index (χ4n) is 2.06. The van der Waals surface area contributed by atoms with Gasteiger partial charge in [0.1, 0.15) is 17.3 Å². The summed E-state index contributed by atoms with van der Waals surface area (Å²) in [6.45, 7) is 0. The highest BCUT2D eigenvalue weighted by atomic mass is 35.5. The molecule has 0 spiro atoms. The number of fused-ring (bicyclic) bond motifs is 1. The molecule has 0 N–H and O–H groups in total. The summed E-state index contributed by atoms with van der Waals surface area (Å²) in [7, 11) is 0. The van der Waals surface area contributed by atoms with E-state index in [4.69, 9.17) is 16.3 Å². The van der Waals surface area contributed by atoms with Crippen molar-refractivity contribution in [2.45, 2.75) is 5.92 Å². The average Bonchev–Trinajstić information content (AvgIpc) is 2.36. The Morgan fingerprint density at radius 2 is 1.90 bits per heavy atom. The van der Waals surface area contributed by atoms with Gasteiger partial charge in [-0.05, 0) is 18.2 Å². The quantitative estimate of drug-likeness (QED) is 0.812. The molecule has 0 saturated heterocycles. The lowest BCUT2D eigenvalue weighted by molar-refractivity contribution is -0.00782. The summed E-state index contributed by atoms with van der Waals surface area (Å²) in [6.07, 6.45) is 0. The summed E-state index contributed by atoms with van der Waals surface area (Å²) in [5.74, 6) is -5.66. The second kappa shape index (κ2) is 4.24. The van der Waals surface area contributed by atoms with E-state index in [0.29, 0.717) is 0 Å². The monoisotopic (exact) mass is 298 g/mol. The number of ketones is 1. The van der Waals surface area contributed by atoms with Gasteiger partial charge in [0, 0.05) is 16.7 Å². The van der Waals surface area contributed by atoms with E-state index in [1.54, 1.807) is 0 Å². The van der Waals surface area contributed by atoms with Crippen molar-refractivity contribution in [3.63, 3.8) is 0 Å². The van der Waals surface area contributed by atoms with Gasteiger partial charge in [-0.25, -0.2) is 4.39 Å². The first-order valence-electron chi connectivity index (χ1n) is 5.59. The normalized spacial score (nSPS) is 15.5. The van der Waals surface area contributed by atoms with E-state index >= 15 is 0 Å². The van der Waals surface area contributed by atoms with Crippen molar-refractivity contribution in [2.24, 2.45) is 0 Å². The molecule has 0 bridgehead atoms.